The van der Waals surface area contributed by atoms with Crippen molar-refractivity contribution >= 4 is 21.7 Å². The number of aromatic nitrogens is 3. The number of hydrogen-bond donors (Lipinski definition) is 1. The summed E-state index contributed by atoms with van der Waals surface area (Å²) in [7, 11) is -2.07. The van der Waals surface area contributed by atoms with Crippen molar-refractivity contribution in [3.05, 3.63) is 72.4 Å². The number of aromatic amines is 1. The van der Waals surface area contributed by atoms with Gasteiger partial charge in [-0.3, -0.25) is 9.69 Å². The van der Waals surface area contributed by atoms with E-state index in [1.54, 1.807) is 56.0 Å². The first-order chi connectivity index (χ1) is 14.5. The Morgan fingerprint density at radius 2 is 1.90 bits per heavy atom. The molecule has 1 aliphatic heterocycles. The van der Waals surface area contributed by atoms with Crippen LogP contribution in [0.1, 0.15) is 34.9 Å². The minimum Gasteiger partial charge on any atom is -0.348 e. The number of anilines is 1. The topological polar surface area (TPSA) is 99.3 Å². The van der Waals surface area contributed by atoms with Crippen LogP contribution < -0.4 is 4.90 Å². The third-order valence-electron chi connectivity index (χ3n) is 5.38. The second-order valence-corrected chi connectivity index (χ2v) is 9.17. The Labute approximate surface area is 175 Å². The normalized spacial score (nSPS) is 15.8. The molecule has 3 heterocycles. The van der Waals surface area contributed by atoms with Crippen LogP contribution in [0.2, 0.25) is 0 Å². The van der Waals surface area contributed by atoms with Crippen LogP contribution in [0.5, 0.6) is 0 Å². The largest absolute Gasteiger partial charge is 0.348 e. The predicted octanol–water partition coefficient (Wildman–Crippen LogP) is 2.65. The lowest BCUT2D eigenvalue weighted by atomic mass is 9.98. The molecule has 0 bridgehead atoms. The second-order valence-electron chi connectivity index (χ2n) is 7.23. The molecule has 1 N–H and O–H groups in total. The molecular weight excluding hydrogens is 402 g/mol. The zero-order valence-corrected chi connectivity index (χ0v) is 17.4. The predicted molar refractivity (Wildman–Crippen MR) is 113 cm³/mol. The van der Waals surface area contributed by atoms with Gasteiger partial charge in [0, 0.05) is 50.2 Å². The summed E-state index contributed by atoms with van der Waals surface area (Å²) in [6.45, 7) is 0.833. The molecule has 0 atom stereocenters. The SMILES string of the molecule is CN(C(=O)c1cccc(S(=O)(=O)N2CCC(c3ncc[nH]3)CC2)c1)c1ccccn1. The van der Waals surface area contributed by atoms with Gasteiger partial charge in [0.1, 0.15) is 11.6 Å². The van der Waals surface area contributed by atoms with E-state index in [1.807, 2.05) is 0 Å². The van der Waals surface area contributed by atoms with Crippen molar-refractivity contribution in [1.82, 2.24) is 19.3 Å². The van der Waals surface area contributed by atoms with Crippen LogP contribution in [0.4, 0.5) is 5.82 Å². The van der Waals surface area contributed by atoms with Crippen molar-refractivity contribution in [2.24, 2.45) is 0 Å². The van der Waals surface area contributed by atoms with Crippen LogP contribution in [0.25, 0.3) is 0 Å². The molecule has 0 aliphatic carbocycles. The van der Waals surface area contributed by atoms with Crippen molar-refractivity contribution in [3.63, 3.8) is 0 Å². The summed E-state index contributed by atoms with van der Waals surface area (Å²) >= 11 is 0. The number of hydrogen-bond acceptors (Lipinski definition) is 5. The summed E-state index contributed by atoms with van der Waals surface area (Å²) in [5.74, 6) is 1.31. The number of benzene rings is 1. The molecule has 0 spiro atoms. The first-order valence-electron chi connectivity index (χ1n) is 9.75. The van der Waals surface area contributed by atoms with Gasteiger partial charge in [0.15, 0.2) is 0 Å². The maximum Gasteiger partial charge on any atom is 0.259 e. The second kappa shape index (κ2) is 8.37. The maximum absolute atomic E-state index is 13.2. The van der Waals surface area contributed by atoms with Gasteiger partial charge in [-0.05, 0) is 43.2 Å². The average Bonchev–Trinajstić information content (AvgIpc) is 3.34. The number of nitrogens with zero attached hydrogens (tertiary/aromatic N) is 4. The molecule has 0 unspecified atom stereocenters. The molecule has 1 aromatic carbocycles. The summed E-state index contributed by atoms with van der Waals surface area (Å²) in [4.78, 5) is 25.9. The Bertz CT molecular complexity index is 1110. The number of pyridine rings is 1. The zero-order valence-electron chi connectivity index (χ0n) is 16.6. The van der Waals surface area contributed by atoms with Gasteiger partial charge in [-0.25, -0.2) is 18.4 Å². The Kier molecular flexibility index (Phi) is 5.65. The van der Waals surface area contributed by atoms with E-state index in [9.17, 15) is 13.2 Å². The fourth-order valence-corrected chi connectivity index (χ4v) is 5.17. The number of nitrogens with one attached hydrogen (secondary N) is 1. The number of H-pyrrole nitrogens is 1. The van der Waals surface area contributed by atoms with E-state index < -0.39 is 10.0 Å². The lowest BCUT2D eigenvalue weighted by molar-refractivity contribution is 0.0992. The number of rotatable bonds is 5. The third-order valence-corrected chi connectivity index (χ3v) is 7.27. The lowest BCUT2D eigenvalue weighted by Gasteiger charge is -2.30. The Morgan fingerprint density at radius 1 is 1.10 bits per heavy atom. The first kappa shape index (κ1) is 20.2. The van der Waals surface area contributed by atoms with E-state index >= 15 is 0 Å². The minimum atomic E-state index is -3.68. The van der Waals surface area contributed by atoms with Gasteiger partial charge in [0.2, 0.25) is 10.0 Å². The third kappa shape index (κ3) is 3.99. The molecule has 3 aromatic rings. The van der Waals surface area contributed by atoms with Crippen molar-refractivity contribution in [1.29, 1.82) is 0 Å². The quantitative estimate of drug-likeness (QED) is 0.677. The van der Waals surface area contributed by atoms with E-state index in [4.69, 9.17) is 0 Å². The van der Waals surface area contributed by atoms with E-state index in [2.05, 4.69) is 15.0 Å². The van der Waals surface area contributed by atoms with Crippen LogP contribution >= 0.6 is 0 Å². The molecule has 1 saturated heterocycles. The first-order valence-corrected chi connectivity index (χ1v) is 11.2. The fourth-order valence-electron chi connectivity index (χ4n) is 3.66. The molecule has 2 aromatic heterocycles. The highest BCUT2D eigenvalue weighted by Crippen LogP contribution is 2.29. The van der Waals surface area contributed by atoms with Gasteiger partial charge in [0.05, 0.1) is 4.90 Å². The molecule has 1 aliphatic rings. The van der Waals surface area contributed by atoms with Gasteiger partial charge < -0.3 is 4.98 Å². The minimum absolute atomic E-state index is 0.124. The van der Waals surface area contributed by atoms with Gasteiger partial charge in [0.25, 0.3) is 5.91 Å². The van der Waals surface area contributed by atoms with Crippen LogP contribution in [0.15, 0.2) is 66.0 Å². The Morgan fingerprint density at radius 3 is 2.57 bits per heavy atom. The van der Waals surface area contributed by atoms with Crippen molar-refractivity contribution in [2.45, 2.75) is 23.7 Å². The van der Waals surface area contributed by atoms with E-state index in [-0.39, 0.29) is 16.7 Å². The van der Waals surface area contributed by atoms with Crippen LogP contribution in [0.3, 0.4) is 0 Å². The monoisotopic (exact) mass is 425 g/mol. The highest BCUT2D eigenvalue weighted by Gasteiger charge is 2.31. The smallest absolute Gasteiger partial charge is 0.259 e. The molecule has 30 heavy (non-hydrogen) atoms. The van der Waals surface area contributed by atoms with Crippen LogP contribution in [0, 0.1) is 0 Å². The average molecular weight is 426 g/mol. The highest BCUT2D eigenvalue weighted by molar-refractivity contribution is 7.89. The van der Waals surface area contributed by atoms with Gasteiger partial charge in [-0.1, -0.05) is 12.1 Å². The Balaban J connectivity index is 1.51. The van der Waals surface area contributed by atoms with E-state index in [0.29, 0.717) is 37.3 Å². The summed E-state index contributed by atoms with van der Waals surface area (Å²) in [5.41, 5.74) is 0.301. The van der Waals surface area contributed by atoms with Crippen molar-refractivity contribution in [3.8, 4) is 0 Å². The van der Waals surface area contributed by atoms with Crippen LogP contribution in [-0.4, -0.2) is 53.7 Å². The number of carbonyl (C=O) groups is 1. The molecule has 1 amide bonds. The van der Waals surface area contributed by atoms with Gasteiger partial charge >= 0.3 is 0 Å². The highest BCUT2D eigenvalue weighted by atomic mass is 32.2. The summed E-state index contributed by atoms with van der Waals surface area (Å²) in [6.07, 6.45) is 6.50. The molecular formula is C21H23N5O3S. The molecule has 4 rings (SSSR count). The van der Waals surface area contributed by atoms with E-state index in [1.165, 1.54) is 21.3 Å². The molecule has 156 valence electrons. The zero-order chi connectivity index (χ0) is 21.1. The summed E-state index contributed by atoms with van der Waals surface area (Å²) in [6, 6.07) is 11.5. The summed E-state index contributed by atoms with van der Waals surface area (Å²) < 4.78 is 27.8. The molecule has 9 heteroatoms. The van der Waals surface area contributed by atoms with Gasteiger partial charge in [-0.15, -0.1) is 0 Å². The summed E-state index contributed by atoms with van der Waals surface area (Å²) in [5, 5.41) is 0. The number of piperidine rings is 1. The van der Waals surface area contributed by atoms with E-state index in [0.717, 1.165) is 5.82 Å². The molecule has 0 radical (unpaired) electrons. The van der Waals surface area contributed by atoms with Crippen LogP contribution in [-0.2, 0) is 10.0 Å². The maximum atomic E-state index is 13.2. The molecule has 0 saturated carbocycles. The Hall–Kier alpha value is -3.04. The number of sulfonamides is 1. The number of imidazole rings is 1. The van der Waals surface area contributed by atoms with Crippen molar-refractivity contribution in [2.75, 3.05) is 25.0 Å². The number of amides is 1. The standard InChI is InChI=1S/C21H23N5O3S/c1-25(19-7-2-3-10-22-19)21(27)17-5-4-6-18(15-17)30(28,29)26-13-8-16(9-14-26)20-23-11-12-24-20/h2-7,10-12,15-16H,8-9,13-14H2,1H3,(H,23,24). The lowest BCUT2D eigenvalue weighted by Crippen LogP contribution is -2.38. The fraction of sp³-hybridized carbons (Fsp3) is 0.286. The number of carbonyl (C=O) groups excluding carboxylic acids is 1. The van der Waals surface area contributed by atoms with Gasteiger partial charge in [-0.2, -0.15) is 4.31 Å². The van der Waals surface area contributed by atoms with Crippen molar-refractivity contribution < 1.29 is 13.2 Å². The molecule has 1 fully saturated rings. The molecule has 8 nitrogen and oxygen atoms in total.